The molecule has 1 fully saturated rings. The molecule has 1 amide bonds. The highest BCUT2D eigenvalue weighted by molar-refractivity contribution is 5.83. The summed E-state index contributed by atoms with van der Waals surface area (Å²) < 4.78 is 0. The Bertz CT molecular complexity index is 335. The number of hydrogen-bond acceptors (Lipinski definition) is 5. The molecular formula is C16H31N3O3. The van der Waals surface area contributed by atoms with Gasteiger partial charge in [0.2, 0.25) is 5.91 Å². The van der Waals surface area contributed by atoms with Crippen LogP contribution < -0.4 is 11.1 Å². The largest absolute Gasteiger partial charge is 0.356 e. The molecule has 1 rings (SSSR count). The Balaban J connectivity index is 0. The fourth-order valence-electron chi connectivity index (χ4n) is 1.63. The van der Waals surface area contributed by atoms with E-state index in [1.54, 1.807) is 0 Å². The highest BCUT2D eigenvalue weighted by Crippen LogP contribution is 2.10. The number of nitrogens with two attached hydrogens (primary N) is 1. The summed E-state index contributed by atoms with van der Waals surface area (Å²) in [5, 5.41) is 2.77. The van der Waals surface area contributed by atoms with Crippen molar-refractivity contribution in [2.75, 3.05) is 33.2 Å². The van der Waals surface area contributed by atoms with Crippen LogP contribution in [-0.4, -0.2) is 56.1 Å². The number of carbonyl (C=O) groups excluding carboxylic acids is 3. The van der Waals surface area contributed by atoms with Gasteiger partial charge >= 0.3 is 0 Å². The molecular weight excluding hydrogens is 282 g/mol. The topological polar surface area (TPSA) is 92.5 Å². The molecule has 1 saturated heterocycles. The Kier molecular flexibility index (Phi) is 14.9. The van der Waals surface area contributed by atoms with Gasteiger partial charge in [-0.1, -0.05) is 27.4 Å². The summed E-state index contributed by atoms with van der Waals surface area (Å²) in [6, 6.07) is 0. The van der Waals surface area contributed by atoms with E-state index < -0.39 is 0 Å². The molecule has 1 aliphatic heterocycles. The fraction of sp³-hybridized carbons (Fsp3) is 0.688. The van der Waals surface area contributed by atoms with E-state index in [4.69, 9.17) is 10.5 Å². The van der Waals surface area contributed by atoms with Crippen molar-refractivity contribution < 1.29 is 14.4 Å². The van der Waals surface area contributed by atoms with E-state index in [1.165, 1.54) is 6.08 Å². The predicted octanol–water partition coefficient (Wildman–Crippen LogP) is 0.616. The lowest BCUT2D eigenvalue weighted by molar-refractivity contribution is -0.124. The van der Waals surface area contributed by atoms with E-state index in [0.29, 0.717) is 19.4 Å². The third-order valence-electron chi connectivity index (χ3n) is 2.47. The molecule has 1 aliphatic rings. The van der Waals surface area contributed by atoms with Crippen LogP contribution in [0.25, 0.3) is 0 Å². The zero-order valence-corrected chi connectivity index (χ0v) is 14.3. The molecule has 6 heteroatoms. The van der Waals surface area contributed by atoms with Crippen LogP contribution in [0.5, 0.6) is 0 Å². The Morgan fingerprint density at radius 3 is 2.32 bits per heavy atom. The van der Waals surface area contributed by atoms with Gasteiger partial charge in [0, 0.05) is 13.1 Å². The molecule has 0 aromatic rings. The van der Waals surface area contributed by atoms with Gasteiger partial charge in [0.25, 0.3) is 0 Å². The van der Waals surface area contributed by atoms with Gasteiger partial charge in [-0.2, -0.15) is 0 Å². The van der Waals surface area contributed by atoms with Gasteiger partial charge in [0.15, 0.2) is 5.78 Å². The van der Waals surface area contributed by atoms with Crippen molar-refractivity contribution in [2.45, 2.75) is 27.2 Å². The Labute approximate surface area is 134 Å². The lowest BCUT2D eigenvalue weighted by Crippen LogP contribution is -2.35. The van der Waals surface area contributed by atoms with Gasteiger partial charge in [0.1, 0.15) is 6.29 Å². The van der Waals surface area contributed by atoms with E-state index in [-0.39, 0.29) is 24.2 Å². The molecule has 0 bridgehead atoms. The normalized spacial score (nSPS) is 16.1. The van der Waals surface area contributed by atoms with Crippen LogP contribution in [0.4, 0.5) is 0 Å². The molecule has 1 unspecified atom stereocenters. The lowest BCUT2D eigenvalue weighted by atomic mass is 10.1. The number of hydrogen-bond donors (Lipinski definition) is 2. The van der Waals surface area contributed by atoms with Crippen molar-refractivity contribution in [1.29, 1.82) is 0 Å². The maximum atomic E-state index is 11.2. The summed E-state index contributed by atoms with van der Waals surface area (Å²) in [7, 11) is 1.83. The number of likely N-dealkylation sites (N-methyl/N-ethyl adjacent to an activating group) is 1. The third-order valence-corrected chi connectivity index (χ3v) is 2.47. The van der Waals surface area contributed by atoms with Crippen LogP contribution in [0, 0.1) is 11.8 Å². The van der Waals surface area contributed by atoms with Crippen LogP contribution in [0.2, 0.25) is 0 Å². The minimum absolute atomic E-state index is 0.00547. The molecule has 128 valence electrons. The van der Waals surface area contributed by atoms with Gasteiger partial charge in [0.05, 0.1) is 19.0 Å². The maximum absolute atomic E-state index is 11.2. The second-order valence-corrected chi connectivity index (χ2v) is 5.82. The minimum atomic E-state index is 0.00547. The van der Waals surface area contributed by atoms with Crippen LogP contribution in [-0.2, 0) is 14.4 Å². The van der Waals surface area contributed by atoms with Gasteiger partial charge in [-0.05, 0) is 25.5 Å². The van der Waals surface area contributed by atoms with Crippen molar-refractivity contribution >= 4 is 18.0 Å². The molecule has 0 spiro atoms. The molecule has 22 heavy (non-hydrogen) atoms. The van der Waals surface area contributed by atoms with E-state index >= 15 is 0 Å². The predicted molar refractivity (Wildman–Crippen MR) is 89.4 cm³/mol. The second kappa shape index (κ2) is 14.4. The first-order chi connectivity index (χ1) is 10.3. The van der Waals surface area contributed by atoms with E-state index in [0.717, 1.165) is 18.9 Å². The smallest absolute Gasteiger partial charge is 0.224 e. The number of nitrogens with zero attached hydrogens (tertiary/aromatic N) is 1. The van der Waals surface area contributed by atoms with E-state index in [2.05, 4.69) is 32.7 Å². The highest BCUT2D eigenvalue weighted by Gasteiger charge is 2.25. The number of aldehydes is 1. The number of allylic oxidation sites excluding steroid dienone is 1. The Hall–Kier alpha value is -1.53. The third kappa shape index (κ3) is 14.9. The molecule has 0 saturated carbocycles. The zero-order valence-electron chi connectivity index (χ0n) is 14.3. The molecule has 0 aromatic heterocycles. The van der Waals surface area contributed by atoms with Gasteiger partial charge < -0.3 is 11.1 Å². The average Bonchev–Trinajstić information content (AvgIpc) is 2.83. The summed E-state index contributed by atoms with van der Waals surface area (Å²) in [5.41, 5.74) is 5.20. The van der Waals surface area contributed by atoms with Crippen LogP contribution in [0.3, 0.4) is 0 Å². The van der Waals surface area contributed by atoms with E-state index in [1.807, 2.05) is 11.9 Å². The van der Waals surface area contributed by atoms with Gasteiger partial charge in [-0.3, -0.25) is 19.3 Å². The monoisotopic (exact) mass is 313 g/mol. The van der Waals surface area contributed by atoms with Crippen molar-refractivity contribution in [2.24, 2.45) is 17.6 Å². The lowest BCUT2D eigenvalue weighted by Gasteiger charge is -2.17. The number of Topliss-reactive ketones (excluding diaryl/α,β-unsaturated/α-hetero) is 1. The number of amides is 1. The fourth-order valence-corrected chi connectivity index (χ4v) is 1.63. The first kappa shape index (κ1) is 22.7. The van der Waals surface area contributed by atoms with Gasteiger partial charge in [-0.15, -0.1) is 0 Å². The standard InChI is InChI=1S/C9H17N3O2.C4H10.C3H4O/c1-12(6-8(13)4-10)5-7-2-3-11-9(7)14;1-4(2)3;1-2-3-4/h7H,2-6,10H2,1H3,(H,11,14);4H,1-3H3;2-3H,1H2. The maximum Gasteiger partial charge on any atom is 0.224 e. The molecule has 0 aliphatic carbocycles. The summed E-state index contributed by atoms with van der Waals surface area (Å²) in [5.74, 6) is 0.966. The number of rotatable bonds is 6. The van der Waals surface area contributed by atoms with E-state index in [9.17, 15) is 9.59 Å². The first-order valence-corrected chi connectivity index (χ1v) is 7.52. The number of ketones is 1. The summed E-state index contributed by atoms with van der Waals surface area (Å²) in [6.07, 6.45) is 2.69. The van der Waals surface area contributed by atoms with Crippen molar-refractivity contribution in [3.63, 3.8) is 0 Å². The molecule has 0 radical (unpaired) electrons. The second-order valence-electron chi connectivity index (χ2n) is 5.82. The zero-order chi connectivity index (χ0) is 17.5. The van der Waals surface area contributed by atoms with Crippen molar-refractivity contribution in [3.8, 4) is 0 Å². The SMILES string of the molecule is C=CC=O.CC(C)C.CN(CC(=O)CN)CC1CCNC1=O. The van der Waals surface area contributed by atoms with Crippen LogP contribution in [0.1, 0.15) is 27.2 Å². The number of nitrogens with one attached hydrogen (secondary N) is 1. The highest BCUT2D eigenvalue weighted by atomic mass is 16.2. The summed E-state index contributed by atoms with van der Waals surface area (Å²) in [6.45, 7) is 11.4. The van der Waals surface area contributed by atoms with Gasteiger partial charge in [-0.25, -0.2) is 0 Å². The van der Waals surface area contributed by atoms with Crippen LogP contribution in [0.15, 0.2) is 12.7 Å². The molecule has 1 heterocycles. The van der Waals surface area contributed by atoms with Crippen molar-refractivity contribution in [1.82, 2.24) is 10.2 Å². The summed E-state index contributed by atoms with van der Waals surface area (Å²) >= 11 is 0. The summed E-state index contributed by atoms with van der Waals surface area (Å²) in [4.78, 5) is 33.1. The Morgan fingerprint density at radius 2 is 2.00 bits per heavy atom. The average molecular weight is 313 g/mol. The molecule has 6 nitrogen and oxygen atoms in total. The van der Waals surface area contributed by atoms with Crippen LogP contribution >= 0.6 is 0 Å². The molecule has 0 aromatic carbocycles. The molecule has 3 N–H and O–H groups in total. The quantitative estimate of drug-likeness (QED) is 0.554. The minimum Gasteiger partial charge on any atom is -0.356 e. The van der Waals surface area contributed by atoms with Crippen molar-refractivity contribution in [3.05, 3.63) is 12.7 Å². The Morgan fingerprint density at radius 1 is 1.50 bits per heavy atom. The molecule has 1 atom stereocenters. The first-order valence-electron chi connectivity index (χ1n) is 7.52. The number of carbonyl (C=O) groups is 3.